The van der Waals surface area contributed by atoms with E-state index >= 15 is 0 Å². The molecule has 2 N–H and O–H groups in total. The lowest BCUT2D eigenvalue weighted by Gasteiger charge is -2.38. The van der Waals surface area contributed by atoms with Gasteiger partial charge in [-0.1, -0.05) is 30.3 Å². The molecule has 0 spiro atoms. The molecule has 162 valence electrons. The fourth-order valence-corrected chi connectivity index (χ4v) is 4.05. The molecule has 2 aromatic carbocycles. The van der Waals surface area contributed by atoms with Crippen molar-refractivity contribution in [3.63, 3.8) is 0 Å². The number of likely N-dealkylation sites (tertiary alicyclic amines) is 1. The van der Waals surface area contributed by atoms with Crippen molar-refractivity contribution < 1.29 is 19.1 Å². The van der Waals surface area contributed by atoms with Crippen molar-refractivity contribution >= 4 is 29.2 Å². The fourth-order valence-electron chi connectivity index (χ4n) is 4.05. The molecule has 0 aliphatic carbocycles. The summed E-state index contributed by atoms with van der Waals surface area (Å²) in [6, 6.07) is 16.3. The van der Waals surface area contributed by atoms with Crippen LogP contribution >= 0.6 is 0 Å². The lowest BCUT2D eigenvalue weighted by atomic mass is 9.95. The topological polar surface area (TPSA) is 91.0 Å². The molecule has 2 aliphatic heterocycles. The quantitative estimate of drug-likeness (QED) is 0.795. The molecular formula is C23H26N4O4. The normalized spacial score (nSPS) is 20.3. The van der Waals surface area contributed by atoms with Crippen LogP contribution in [0.1, 0.15) is 12.8 Å². The van der Waals surface area contributed by atoms with Crippen molar-refractivity contribution in [3.8, 4) is 5.75 Å². The van der Waals surface area contributed by atoms with Crippen molar-refractivity contribution in [2.75, 3.05) is 36.9 Å². The van der Waals surface area contributed by atoms with E-state index in [2.05, 4.69) is 10.6 Å². The number of nitrogens with one attached hydrogen (secondary N) is 2. The van der Waals surface area contributed by atoms with Gasteiger partial charge >= 0.3 is 6.03 Å². The molecule has 4 rings (SSSR count). The van der Waals surface area contributed by atoms with Gasteiger partial charge in [-0.3, -0.25) is 9.59 Å². The van der Waals surface area contributed by atoms with Crippen molar-refractivity contribution in [1.82, 2.24) is 10.2 Å². The van der Waals surface area contributed by atoms with Gasteiger partial charge in [-0.2, -0.15) is 0 Å². The van der Waals surface area contributed by atoms with Crippen molar-refractivity contribution in [2.24, 2.45) is 5.92 Å². The molecule has 1 fully saturated rings. The summed E-state index contributed by atoms with van der Waals surface area (Å²) in [5.41, 5.74) is 1.37. The lowest BCUT2D eigenvalue weighted by Crippen LogP contribution is -2.54. The van der Waals surface area contributed by atoms with Crippen LogP contribution in [0.25, 0.3) is 0 Å². The number of ether oxygens (including phenoxy) is 1. The maximum Gasteiger partial charge on any atom is 0.321 e. The molecule has 1 saturated heterocycles. The van der Waals surface area contributed by atoms with Gasteiger partial charge in [-0.05, 0) is 37.1 Å². The van der Waals surface area contributed by atoms with Crippen molar-refractivity contribution in [3.05, 3.63) is 54.6 Å². The molecule has 31 heavy (non-hydrogen) atoms. The molecular weight excluding hydrogens is 396 g/mol. The number of anilines is 2. The Hall–Kier alpha value is -3.55. The lowest BCUT2D eigenvalue weighted by molar-refractivity contribution is -0.128. The number of para-hydroxylation sites is 3. The van der Waals surface area contributed by atoms with Gasteiger partial charge in [0.1, 0.15) is 5.75 Å². The first-order valence-electron chi connectivity index (χ1n) is 10.5. The summed E-state index contributed by atoms with van der Waals surface area (Å²) in [5.74, 6) is -0.210. The molecule has 2 aromatic rings. The summed E-state index contributed by atoms with van der Waals surface area (Å²) in [5, 5.41) is 5.47. The summed E-state index contributed by atoms with van der Waals surface area (Å²) in [4.78, 5) is 41.7. The van der Waals surface area contributed by atoms with Crippen molar-refractivity contribution in [2.45, 2.75) is 18.9 Å². The molecule has 8 nitrogen and oxygen atoms in total. The number of carbonyl (C=O) groups excluding carboxylic acids is 3. The third kappa shape index (κ3) is 4.47. The highest BCUT2D eigenvalue weighted by Gasteiger charge is 2.38. The molecule has 2 heterocycles. The third-order valence-corrected chi connectivity index (χ3v) is 5.66. The molecule has 0 bridgehead atoms. The van der Waals surface area contributed by atoms with E-state index < -0.39 is 6.10 Å². The summed E-state index contributed by atoms with van der Waals surface area (Å²) in [6.45, 7) is 1.08. The first-order chi connectivity index (χ1) is 15.1. The predicted molar refractivity (Wildman–Crippen MR) is 117 cm³/mol. The number of carbonyl (C=O) groups is 3. The molecule has 4 amide bonds. The highest BCUT2D eigenvalue weighted by atomic mass is 16.5. The van der Waals surface area contributed by atoms with Crippen LogP contribution < -0.4 is 20.3 Å². The highest BCUT2D eigenvalue weighted by molar-refractivity contribution is 5.99. The first kappa shape index (κ1) is 20.7. The summed E-state index contributed by atoms with van der Waals surface area (Å²) in [7, 11) is 1.54. The predicted octanol–water partition coefficient (Wildman–Crippen LogP) is 2.47. The fraction of sp³-hybridized carbons (Fsp3) is 0.348. The van der Waals surface area contributed by atoms with Crippen LogP contribution in [0.15, 0.2) is 54.6 Å². The number of urea groups is 1. The number of hydrogen-bond donors (Lipinski definition) is 2. The Morgan fingerprint density at radius 2 is 1.74 bits per heavy atom. The van der Waals surface area contributed by atoms with E-state index in [0.29, 0.717) is 30.9 Å². The minimum atomic E-state index is -0.773. The van der Waals surface area contributed by atoms with E-state index in [1.807, 2.05) is 48.5 Å². The highest BCUT2D eigenvalue weighted by Crippen LogP contribution is 2.35. The minimum absolute atomic E-state index is 0.0955. The van der Waals surface area contributed by atoms with Crippen LogP contribution in [0, 0.1) is 5.92 Å². The molecule has 0 unspecified atom stereocenters. The van der Waals surface area contributed by atoms with Gasteiger partial charge in [0.05, 0.1) is 18.2 Å². The number of benzene rings is 2. The molecule has 8 heteroatoms. The van der Waals surface area contributed by atoms with Crippen LogP contribution in [-0.4, -0.2) is 55.5 Å². The second-order valence-corrected chi connectivity index (χ2v) is 7.72. The number of piperidine rings is 1. The van der Waals surface area contributed by atoms with Crippen molar-refractivity contribution in [1.29, 1.82) is 0 Å². The summed E-state index contributed by atoms with van der Waals surface area (Å²) >= 11 is 0. The number of fused-ring (bicyclic) bond motifs is 1. The molecule has 2 aliphatic rings. The van der Waals surface area contributed by atoms with Crippen LogP contribution in [0.3, 0.4) is 0 Å². The number of nitrogens with zero attached hydrogens (tertiary/aromatic N) is 2. The Kier molecular flexibility index (Phi) is 6.06. The van der Waals surface area contributed by atoms with Crippen LogP contribution in [-0.2, 0) is 9.59 Å². The van der Waals surface area contributed by atoms with E-state index in [-0.39, 0.29) is 30.3 Å². The monoisotopic (exact) mass is 422 g/mol. The first-order valence-corrected chi connectivity index (χ1v) is 10.5. The summed E-state index contributed by atoms with van der Waals surface area (Å²) < 4.78 is 5.80. The van der Waals surface area contributed by atoms with Gasteiger partial charge in [-0.15, -0.1) is 0 Å². The standard InChI is InChI=1S/C23H26N4O4/c1-24-21(28)20-15-27(18-11-5-6-12-19(18)31-20)22(29)16-8-7-13-26(14-16)23(30)25-17-9-3-2-4-10-17/h2-6,9-12,16,20H,7-8,13-15H2,1H3,(H,24,28)(H,25,30)/t16-,20-/m0/s1. The van der Waals surface area contributed by atoms with E-state index in [0.717, 1.165) is 12.1 Å². The zero-order chi connectivity index (χ0) is 21.8. The third-order valence-electron chi connectivity index (χ3n) is 5.66. The van der Waals surface area contributed by atoms with Gasteiger partial charge < -0.3 is 25.2 Å². The molecule has 0 radical (unpaired) electrons. The van der Waals surface area contributed by atoms with Crippen LogP contribution in [0.4, 0.5) is 16.2 Å². The molecule has 0 saturated carbocycles. The van der Waals surface area contributed by atoms with Gasteiger partial charge in [0, 0.05) is 25.8 Å². The maximum absolute atomic E-state index is 13.5. The Balaban J connectivity index is 1.49. The van der Waals surface area contributed by atoms with Gasteiger partial charge in [0.25, 0.3) is 5.91 Å². The van der Waals surface area contributed by atoms with Crippen LogP contribution in [0.5, 0.6) is 5.75 Å². The molecule has 0 aromatic heterocycles. The molecule has 2 atom stereocenters. The number of likely N-dealkylation sites (N-methyl/N-ethyl adjacent to an activating group) is 1. The van der Waals surface area contributed by atoms with Gasteiger partial charge in [-0.25, -0.2) is 4.79 Å². The average molecular weight is 422 g/mol. The Bertz CT molecular complexity index is 965. The van der Waals surface area contributed by atoms with Gasteiger partial charge in [0.2, 0.25) is 5.91 Å². The van der Waals surface area contributed by atoms with E-state index in [4.69, 9.17) is 4.74 Å². The number of rotatable bonds is 3. The Labute approximate surface area is 181 Å². The Morgan fingerprint density at radius 1 is 1.00 bits per heavy atom. The zero-order valence-electron chi connectivity index (χ0n) is 17.4. The van der Waals surface area contributed by atoms with E-state index in [1.165, 1.54) is 0 Å². The minimum Gasteiger partial charge on any atom is -0.477 e. The largest absolute Gasteiger partial charge is 0.477 e. The Morgan fingerprint density at radius 3 is 2.52 bits per heavy atom. The second-order valence-electron chi connectivity index (χ2n) is 7.72. The smallest absolute Gasteiger partial charge is 0.321 e. The summed E-state index contributed by atoms with van der Waals surface area (Å²) in [6.07, 6.45) is 0.659. The average Bonchev–Trinajstić information content (AvgIpc) is 2.83. The zero-order valence-corrected chi connectivity index (χ0v) is 17.4. The second kappa shape index (κ2) is 9.07. The number of amides is 4. The van der Waals surface area contributed by atoms with Gasteiger partial charge in [0.15, 0.2) is 6.10 Å². The number of hydrogen-bond acceptors (Lipinski definition) is 4. The SMILES string of the molecule is CNC(=O)[C@@H]1CN(C(=O)[C@H]2CCCN(C(=O)Nc3ccccc3)C2)c2ccccc2O1. The van der Waals surface area contributed by atoms with E-state index in [9.17, 15) is 14.4 Å². The van der Waals surface area contributed by atoms with Crippen LogP contribution in [0.2, 0.25) is 0 Å². The maximum atomic E-state index is 13.5. The van der Waals surface area contributed by atoms with E-state index in [1.54, 1.807) is 22.9 Å².